The zero-order valence-corrected chi connectivity index (χ0v) is 31.7. The Balaban J connectivity index is 1.34. The first kappa shape index (κ1) is 40.4. The van der Waals surface area contributed by atoms with E-state index in [4.69, 9.17) is 56.8 Å². The highest BCUT2D eigenvalue weighted by atomic mass is 16.9. The fourth-order valence-electron chi connectivity index (χ4n) is 7.12. The number of fused-ring (bicyclic) bond motifs is 3. The highest BCUT2D eigenvalue weighted by molar-refractivity contribution is 5.76. The van der Waals surface area contributed by atoms with E-state index >= 15 is 0 Å². The van der Waals surface area contributed by atoms with E-state index in [0.29, 0.717) is 5.56 Å². The molecule has 0 aliphatic carbocycles. The molecule has 0 spiro atoms. The van der Waals surface area contributed by atoms with Crippen molar-refractivity contribution in [1.29, 1.82) is 0 Å². The van der Waals surface area contributed by atoms with Gasteiger partial charge >= 0.3 is 11.9 Å². The number of hydrogen-bond acceptors (Lipinski definition) is 14. The van der Waals surface area contributed by atoms with Gasteiger partial charge in [0.2, 0.25) is 0 Å². The topological polar surface area (TPSA) is 145 Å². The molecule has 0 N–H and O–H groups in total. The molecule has 4 aliphatic rings. The normalized spacial score (nSPS) is 32.9. The van der Waals surface area contributed by atoms with Crippen molar-refractivity contribution < 1.29 is 66.4 Å². The Kier molecular flexibility index (Phi) is 13.2. The molecule has 4 saturated heterocycles. The van der Waals surface area contributed by atoms with Crippen LogP contribution in [0.25, 0.3) is 0 Å². The molecular weight excluding hydrogens is 704 g/mol. The van der Waals surface area contributed by atoms with Gasteiger partial charge in [-0.1, -0.05) is 66.7 Å². The Hall–Kier alpha value is -3.28. The Morgan fingerprint density at radius 3 is 2.11 bits per heavy atom. The van der Waals surface area contributed by atoms with Crippen LogP contribution in [0.4, 0.5) is 0 Å². The molecule has 4 aliphatic heterocycles. The first-order valence-electron chi connectivity index (χ1n) is 18.4. The second-order valence-corrected chi connectivity index (χ2v) is 14.4. The van der Waals surface area contributed by atoms with E-state index in [1.165, 1.54) is 6.92 Å². The lowest BCUT2D eigenvalue weighted by Gasteiger charge is -2.46. The van der Waals surface area contributed by atoms with Crippen LogP contribution in [-0.4, -0.2) is 111 Å². The maximum Gasteiger partial charge on any atom is 0.339 e. The van der Waals surface area contributed by atoms with Crippen LogP contribution in [-0.2, 0) is 73.0 Å². The minimum absolute atomic E-state index is 0.0858. The molecule has 14 heteroatoms. The fourth-order valence-corrected chi connectivity index (χ4v) is 7.12. The van der Waals surface area contributed by atoms with Crippen LogP contribution in [0.1, 0.15) is 58.8 Å². The number of ether oxygens (including phenoxy) is 12. The van der Waals surface area contributed by atoms with Gasteiger partial charge in [0, 0.05) is 6.92 Å². The minimum Gasteiger partial charge on any atom is -0.464 e. The highest BCUT2D eigenvalue weighted by Gasteiger charge is 2.61. The summed E-state index contributed by atoms with van der Waals surface area (Å²) in [6.45, 7) is 14.3. The quantitative estimate of drug-likeness (QED) is 0.175. The van der Waals surface area contributed by atoms with Crippen molar-refractivity contribution >= 4 is 11.9 Å². The third-order valence-electron chi connectivity index (χ3n) is 9.31. The molecule has 2 aromatic rings. The molecule has 0 saturated carbocycles. The SMILES string of the molecule is C=CCO[C@@H]1[C@@H](O[C@@H](C(=O)OCC)c2ccccc2)[C@@H](OC[C@H]2O[C@@H]3OC(C)(C)O[C@@H]3[C@H]3OC(C)(C)O[C@H]32)O[C@H](COC(C)=O)[C@H]1OCc1ccccc1. The molecule has 0 aromatic heterocycles. The molecule has 0 bridgehead atoms. The van der Waals surface area contributed by atoms with E-state index in [2.05, 4.69) is 6.58 Å². The third kappa shape index (κ3) is 9.74. The number of esters is 2. The predicted molar refractivity (Wildman–Crippen MR) is 189 cm³/mol. The molecule has 0 amide bonds. The van der Waals surface area contributed by atoms with Crippen LogP contribution in [0, 0.1) is 0 Å². The summed E-state index contributed by atoms with van der Waals surface area (Å²) in [5.41, 5.74) is 1.44. The Bertz CT molecular complexity index is 1540. The van der Waals surface area contributed by atoms with Gasteiger partial charge in [-0.05, 0) is 45.7 Å². The van der Waals surface area contributed by atoms with Gasteiger partial charge in [0.1, 0.15) is 55.4 Å². The van der Waals surface area contributed by atoms with E-state index in [1.54, 1.807) is 37.3 Å². The van der Waals surface area contributed by atoms with Crippen LogP contribution in [0.3, 0.4) is 0 Å². The van der Waals surface area contributed by atoms with Gasteiger partial charge in [-0.3, -0.25) is 4.79 Å². The lowest BCUT2D eigenvalue weighted by Crippen LogP contribution is -2.63. The second-order valence-electron chi connectivity index (χ2n) is 14.4. The lowest BCUT2D eigenvalue weighted by molar-refractivity contribution is -0.337. The smallest absolute Gasteiger partial charge is 0.339 e. The summed E-state index contributed by atoms with van der Waals surface area (Å²) in [5, 5.41) is 0. The predicted octanol–water partition coefficient (Wildman–Crippen LogP) is 4.53. The molecule has 0 radical (unpaired) electrons. The first-order chi connectivity index (χ1) is 25.9. The molecule has 296 valence electrons. The maximum absolute atomic E-state index is 13.6. The second kappa shape index (κ2) is 17.7. The standard InChI is InChI=1S/C40H52O14/c1-8-20-44-32-30(46-21-25-16-12-10-13-17-25)27(22-45-24(3)41)48-37(34(32)50-29(36(42)43-9-2)26-18-14-11-15-19-26)47-23-28-31-33(52-39(4,5)51-31)35-38(49-28)54-40(6,7)53-35/h8,10-19,27-35,37-38H,1,9,20-23H2,2-7H3/t27-,28-,29-,30-,31+,32+,33+,34-,35-,37+,38-/m1/s1. The maximum atomic E-state index is 13.6. The summed E-state index contributed by atoms with van der Waals surface area (Å²) in [5.74, 6) is -2.96. The van der Waals surface area contributed by atoms with Crippen LogP contribution in [0.5, 0.6) is 0 Å². The van der Waals surface area contributed by atoms with Gasteiger partial charge in [-0.25, -0.2) is 4.79 Å². The van der Waals surface area contributed by atoms with Crippen LogP contribution in [0.2, 0.25) is 0 Å². The van der Waals surface area contributed by atoms with E-state index in [1.807, 2.05) is 64.1 Å². The highest BCUT2D eigenvalue weighted by Crippen LogP contribution is 2.44. The molecule has 54 heavy (non-hydrogen) atoms. The van der Waals surface area contributed by atoms with Crippen LogP contribution in [0.15, 0.2) is 73.3 Å². The first-order valence-corrected chi connectivity index (χ1v) is 18.4. The third-order valence-corrected chi connectivity index (χ3v) is 9.31. The van der Waals surface area contributed by atoms with Crippen molar-refractivity contribution in [3.8, 4) is 0 Å². The summed E-state index contributed by atoms with van der Waals surface area (Å²) < 4.78 is 75.1. The summed E-state index contributed by atoms with van der Waals surface area (Å²) in [7, 11) is 0. The number of carbonyl (C=O) groups is 2. The van der Waals surface area contributed by atoms with Gasteiger partial charge in [0.25, 0.3) is 0 Å². The summed E-state index contributed by atoms with van der Waals surface area (Å²) in [4.78, 5) is 25.7. The van der Waals surface area contributed by atoms with E-state index in [0.717, 1.165) is 5.56 Å². The molecule has 2 aromatic carbocycles. The van der Waals surface area contributed by atoms with Crippen molar-refractivity contribution in [2.75, 3.05) is 26.4 Å². The lowest BCUT2D eigenvalue weighted by atomic mass is 9.97. The molecule has 6 rings (SSSR count). The number of carbonyl (C=O) groups excluding carboxylic acids is 2. The van der Waals surface area contributed by atoms with Crippen molar-refractivity contribution in [2.45, 2.75) is 127 Å². The van der Waals surface area contributed by atoms with Gasteiger partial charge in [-0.15, -0.1) is 6.58 Å². The molecular formula is C40H52O14. The molecule has 4 heterocycles. The number of hydrogen-bond donors (Lipinski definition) is 0. The Labute approximate surface area is 316 Å². The summed E-state index contributed by atoms with van der Waals surface area (Å²) in [6.07, 6.45) is -7.74. The monoisotopic (exact) mass is 756 g/mol. The molecule has 11 atom stereocenters. The Morgan fingerprint density at radius 2 is 1.43 bits per heavy atom. The van der Waals surface area contributed by atoms with Crippen LogP contribution < -0.4 is 0 Å². The summed E-state index contributed by atoms with van der Waals surface area (Å²) in [6, 6.07) is 18.5. The zero-order chi connectivity index (χ0) is 38.5. The molecule has 0 unspecified atom stereocenters. The van der Waals surface area contributed by atoms with Gasteiger partial charge in [-0.2, -0.15) is 0 Å². The molecule has 4 fully saturated rings. The van der Waals surface area contributed by atoms with Gasteiger partial charge < -0.3 is 56.8 Å². The Morgan fingerprint density at radius 1 is 0.759 bits per heavy atom. The largest absolute Gasteiger partial charge is 0.464 e. The van der Waals surface area contributed by atoms with E-state index in [9.17, 15) is 9.59 Å². The average Bonchev–Trinajstić information content (AvgIpc) is 3.65. The van der Waals surface area contributed by atoms with Gasteiger partial charge in [0.15, 0.2) is 30.3 Å². The van der Waals surface area contributed by atoms with E-state index in [-0.39, 0.29) is 33.0 Å². The van der Waals surface area contributed by atoms with Crippen molar-refractivity contribution in [2.24, 2.45) is 0 Å². The van der Waals surface area contributed by atoms with Crippen LogP contribution >= 0.6 is 0 Å². The number of rotatable bonds is 16. The van der Waals surface area contributed by atoms with Gasteiger partial charge in [0.05, 0.1) is 26.4 Å². The van der Waals surface area contributed by atoms with E-state index < -0.39 is 91.0 Å². The number of benzene rings is 2. The minimum atomic E-state index is -1.22. The van der Waals surface area contributed by atoms with Crippen molar-refractivity contribution in [1.82, 2.24) is 0 Å². The zero-order valence-electron chi connectivity index (χ0n) is 31.7. The summed E-state index contributed by atoms with van der Waals surface area (Å²) >= 11 is 0. The average molecular weight is 757 g/mol. The van der Waals surface area contributed by atoms with Crippen molar-refractivity contribution in [3.63, 3.8) is 0 Å². The van der Waals surface area contributed by atoms with Crippen molar-refractivity contribution in [3.05, 3.63) is 84.4 Å². The fraction of sp³-hybridized carbons (Fsp3) is 0.600. The molecule has 14 nitrogen and oxygen atoms in total.